The Morgan fingerprint density at radius 1 is 1.00 bits per heavy atom. The van der Waals surface area contributed by atoms with E-state index in [2.05, 4.69) is 4.74 Å². The summed E-state index contributed by atoms with van der Waals surface area (Å²) >= 11 is 0. The molecule has 0 aliphatic rings. The molecule has 0 spiro atoms. The first-order valence-corrected chi connectivity index (χ1v) is 4.72. The molecule has 2 atom stereocenters. The highest BCUT2D eigenvalue weighted by molar-refractivity contribution is 5.72. The highest BCUT2D eigenvalue weighted by Gasteiger charge is 2.21. The molecular formula is C10H18O4. The number of carbonyl (C=O) groups is 2. The van der Waals surface area contributed by atoms with Crippen LogP contribution in [0.15, 0.2) is 0 Å². The highest BCUT2D eigenvalue weighted by Crippen LogP contribution is 2.12. The van der Waals surface area contributed by atoms with Gasteiger partial charge >= 0.3 is 11.9 Å². The van der Waals surface area contributed by atoms with Crippen molar-refractivity contribution in [2.24, 2.45) is 11.8 Å². The monoisotopic (exact) mass is 202 g/mol. The molecule has 0 aliphatic heterocycles. The van der Waals surface area contributed by atoms with Crippen molar-refractivity contribution < 1.29 is 19.1 Å². The molecule has 14 heavy (non-hydrogen) atoms. The van der Waals surface area contributed by atoms with Gasteiger partial charge in [-0.2, -0.15) is 0 Å². The number of hydrogen-bond acceptors (Lipinski definition) is 4. The van der Waals surface area contributed by atoms with Gasteiger partial charge in [-0.15, -0.1) is 0 Å². The minimum absolute atomic E-state index is 0.187. The van der Waals surface area contributed by atoms with E-state index in [1.165, 1.54) is 13.8 Å². The fourth-order valence-electron chi connectivity index (χ4n) is 0.801. The molecule has 4 heteroatoms. The van der Waals surface area contributed by atoms with Gasteiger partial charge in [-0.1, -0.05) is 20.8 Å². The van der Waals surface area contributed by atoms with Crippen molar-refractivity contribution in [1.82, 2.24) is 0 Å². The fourth-order valence-corrected chi connectivity index (χ4v) is 0.801. The van der Waals surface area contributed by atoms with E-state index in [1.54, 1.807) is 6.92 Å². The van der Waals surface area contributed by atoms with E-state index in [1.807, 2.05) is 13.8 Å². The van der Waals surface area contributed by atoms with Crippen molar-refractivity contribution in [2.45, 2.75) is 40.9 Å². The Balaban J connectivity index is 3.99. The molecule has 1 unspecified atom stereocenters. The van der Waals surface area contributed by atoms with E-state index >= 15 is 0 Å². The molecular weight excluding hydrogens is 184 g/mol. The lowest BCUT2D eigenvalue weighted by atomic mass is 9.99. The van der Waals surface area contributed by atoms with Gasteiger partial charge in [0.1, 0.15) is 0 Å². The second kappa shape index (κ2) is 5.62. The molecule has 0 aliphatic carbocycles. The van der Waals surface area contributed by atoms with Crippen LogP contribution in [-0.2, 0) is 19.1 Å². The van der Waals surface area contributed by atoms with Crippen LogP contribution in [0.25, 0.3) is 0 Å². The van der Waals surface area contributed by atoms with Crippen LogP contribution in [0.5, 0.6) is 0 Å². The SMILES string of the molecule is CC(=O)OC(C)OC(=O)[C@@H](C)C(C)C. The summed E-state index contributed by atoms with van der Waals surface area (Å²) in [6, 6.07) is 0. The second-order valence-electron chi connectivity index (χ2n) is 3.65. The van der Waals surface area contributed by atoms with Crippen molar-refractivity contribution in [2.75, 3.05) is 0 Å². The molecule has 0 aromatic heterocycles. The summed E-state index contributed by atoms with van der Waals surface area (Å²) in [5, 5.41) is 0. The van der Waals surface area contributed by atoms with Crippen LogP contribution < -0.4 is 0 Å². The predicted molar refractivity (Wildman–Crippen MR) is 51.3 cm³/mol. The average molecular weight is 202 g/mol. The molecule has 0 fully saturated rings. The summed E-state index contributed by atoms with van der Waals surface area (Å²) in [6.07, 6.45) is -0.804. The molecule has 82 valence electrons. The van der Waals surface area contributed by atoms with Gasteiger partial charge in [0.15, 0.2) is 0 Å². The van der Waals surface area contributed by atoms with Crippen LogP contribution in [0.4, 0.5) is 0 Å². The molecule has 0 amide bonds. The third-order valence-corrected chi connectivity index (χ3v) is 1.99. The van der Waals surface area contributed by atoms with Crippen molar-refractivity contribution in [3.05, 3.63) is 0 Å². The number of rotatable bonds is 4. The standard InChI is InChI=1S/C10H18O4/c1-6(2)7(3)10(12)14-9(5)13-8(4)11/h6-7,9H,1-5H3/t7-,9?/m0/s1. The Bertz CT molecular complexity index is 210. The summed E-state index contributed by atoms with van der Waals surface area (Å²) in [4.78, 5) is 21.9. The molecule has 4 nitrogen and oxygen atoms in total. The molecule has 0 aromatic carbocycles. The van der Waals surface area contributed by atoms with E-state index in [4.69, 9.17) is 4.74 Å². The molecule has 0 aromatic rings. The van der Waals surface area contributed by atoms with E-state index < -0.39 is 12.3 Å². The number of carbonyl (C=O) groups excluding carboxylic acids is 2. The maximum absolute atomic E-state index is 11.4. The zero-order valence-corrected chi connectivity index (χ0v) is 9.37. The Hall–Kier alpha value is -1.06. The summed E-state index contributed by atoms with van der Waals surface area (Å²) < 4.78 is 9.57. The van der Waals surface area contributed by atoms with Crippen molar-refractivity contribution >= 4 is 11.9 Å². The van der Waals surface area contributed by atoms with Crippen LogP contribution in [0.3, 0.4) is 0 Å². The topological polar surface area (TPSA) is 52.6 Å². The summed E-state index contributed by atoms with van der Waals surface area (Å²) in [5.41, 5.74) is 0. The molecule has 0 heterocycles. The second-order valence-corrected chi connectivity index (χ2v) is 3.65. The zero-order chi connectivity index (χ0) is 11.3. The Morgan fingerprint density at radius 3 is 1.86 bits per heavy atom. The van der Waals surface area contributed by atoms with E-state index in [0.717, 1.165) is 0 Å². The molecule has 0 saturated carbocycles. The maximum atomic E-state index is 11.4. The van der Waals surface area contributed by atoms with Gasteiger partial charge in [0.25, 0.3) is 0 Å². The van der Waals surface area contributed by atoms with Crippen LogP contribution in [0.1, 0.15) is 34.6 Å². The minimum Gasteiger partial charge on any atom is -0.426 e. The van der Waals surface area contributed by atoms with Gasteiger partial charge in [-0.3, -0.25) is 9.59 Å². The molecule has 0 rings (SSSR count). The summed E-state index contributed by atoms with van der Waals surface area (Å²) in [5.74, 6) is -0.767. The Morgan fingerprint density at radius 2 is 1.50 bits per heavy atom. The van der Waals surface area contributed by atoms with Crippen LogP contribution in [-0.4, -0.2) is 18.2 Å². The average Bonchev–Trinajstić information content (AvgIpc) is 2.00. The molecule has 0 radical (unpaired) electrons. The maximum Gasteiger partial charge on any atom is 0.311 e. The normalized spacial score (nSPS) is 14.7. The number of hydrogen-bond donors (Lipinski definition) is 0. The lowest BCUT2D eigenvalue weighted by Gasteiger charge is -2.18. The molecule has 0 bridgehead atoms. The quantitative estimate of drug-likeness (QED) is 0.514. The van der Waals surface area contributed by atoms with Gasteiger partial charge in [0, 0.05) is 13.8 Å². The third kappa shape index (κ3) is 4.84. The van der Waals surface area contributed by atoms with Gasteiger partial charge in [-0.25, -0.2) is 0 Å². The lowest BCUT2D eigenvalue weighted by Crippen LogP contribution is -2.26. The van der Waals surface area contributed by atoms with Gasteiger partial charge in [0.2, 0.25) is 6.29 Å². The zero-order valence-electron chi connectivity index (χ0n) is 9.37. The van der Waals surface area contributed by atoms with Crippen LogP contribution >= 0.6 is 0 Å². The number of ether oxygens (including phenoxy) is 2. The van der Waals surface area contributed by atoms with Crippen molar-refractivity contribution in [3.63, 3.8) is 0 Å². The van der Waals surface area contributed by atoms with Gasteiger partial charge < -0.3 is 9.47 Å². The first-order chi connectivity index (χ1) is 6.34. The fraction of sp³-hybridized carbons (Fsp3) is 0.800. The van der Waals surface area contributed by atoms with Crippen molar-refractivity contribution in [1.29, 1.82) is 0 Å². The van der Waals surface area contributed by atoms with Gasteiger partial charge in [-0.05, 0) is 5.92 Å². The Kier molecular flexibility index (Phi) is 5.20. The van der Waals surface area contributed by atoms with E-state index in [9.17, 15) is 9.59 Å². The first-order valence-electron chi connectivity index (χ1n) is 4.72. The highest BCUT2D eigenvalue weighted by atomic mass is 16.7. The largest absolute Gasteiger partial charge is 0.426 e. The molecule has 0 saturated heterocycles. The van der Waals surface area contributed by atoms with E-state index in [0.29, 0.717) is 0 Å². The smallest absolute Gasteiger partial charge is 0.311 e. The first kappa shape index (κ1) is 12.9. The lowest BCUT2D eigenvalue weighted by molar-refractivity contribution is -0.186. The predicted octanol–water partition coefficient (Wildman–Crippen LogP) is 1.73. The third-order valence-electron chi connectivity index (χ3n) is 1.99. The molecule has 0 N–H and O–H groups in total. The van der Waals surface area contributed by atoms with Crippen LogP contribution in [0.2, 0.25) is 0 Å². The Labute approximate surface area is 84.6 Å². The minimum atomic E-state index is -0.804. The number of esters is 2. The van der Waals surface area contributed by atoms with E-state index in [-0.39, 0.29) is 17.8 Å². The van der Waals surface area contributed by atoms with Crippen LogP contribution in [0, 0.1) is 11.8 Å². The van der Waals surface area contributed by atoms with Gasteiger partial charge in [0.05, 0.1) is 5.92 Å². The van der Waals surface area contributed by atoms with Crippen molar-refractivity contribution in [3.8, 4) is 0 Å². The summed E-state index contributed by atoms with van der Waals surface area (Å²) in [7, 11) is 0. The summed E-state index contributed by atoms with van der Waals surface area (Å²) in [6.45, 7) is 8.45.